The van der Waals surface area contributed by atoms with Crippen LogP contribution >= 0.6 is 0 Å². The first-order valence-corrected chi connectivity index (χ1v) is 2.60. The van der Waals surface area contributed by atoms with E-state index in [1.54, 1.807) is 0 Å². The van der Waals surface area contributed by atoms with Crippen molar-refractivity contribution in [1.29, 1.82) is 0 Å². The number of hydrogen-bond acceptors (Lipinski definition) is 5. The maximum atomic E-state index is 10.9. The van der Waals surface area contributed by atoms with Gasteiger partial charge in [-0.05, 0) is 0 Å². The Bertz CT molecular complexity index is 261. The first-order chi connectivity index (χ1) is 4.70. The Morgan fingerprint density at radius 1 is 1.10 bits per heavy atom. The number of ketones is 1. The smallest absolute Gasteiger partial charge is 0.274 e. The van der Waals surface area contributed by atoms with E-state index in [0.29, 0.717) is 0 Å². The van der Waals surface area contributed by atoms with Crippen molar-refractivity contribution in [3.05, 3.63) is 23.3 Å². The van der Waals surface area contributed by atoms with Crippen molar-refractivity contribution in [2.24, 2.45) is 11.5 Å². The minimum absolute atomic E-state index is 0.149. The fourth-order valence-electron chi connectivity index (χ4n) is 0.588. The summed E-state index contributed by atoms with van der Waals surface area (Å²) in [4.78, 5) is 10.9. The van der Waals surface area contributed by atoms with E-state index in [1.807, 2.05) is 0 Å². The maximum absolute atomic E-state index is 10.9. The van der Waals surface area contributed by atoms with Gasteiger partial charge in [0.2, 0.25) is 23.3 Å². The number of Topliss-reactive ketones (excluding diaryl/α,β-unsaturated/α-hetero) is 1. The third-order valence-electron chi connectivity index (χ3n) is 1.20. The van der Waals surface area contributed by atoms with Gasteiger partial charge in [-0.3, -0.25) is 4.79 Å². The molecule has 0 aliphatic carbocycles. The molecule has 5 nitrogen and oxygen atoms in total. The first kappa shape index (κ1) is 5.16. The lowest BCUT2D eigenvalue weighted by atomic mass is 10.3. The van der Waals surface area contributed by atoms with Crippen LogP contribution in [0.2, 0.25) is 0 Å². The van der Waals surface area contributed by atoms with E-state index in [2.05, 4.69) is 9.47 Å². The molecule has 2 aliphatic heterocycles. The highest BCUT2D eigenvalue weighted by atomic mass is 16.6. The summed E-state index contributed by atoms with van der Waals surface area (Å²) in [5.41, 5.74) is 10.2. The molecule has 0 saturated heterocycles. The summed E-state index contributed by atoms with van der Waals surface area (Å²) in [6.45, 7) is 0. The molecule has 0 aromatic carbocycles. The third kappa shape index (κ3) is 0.540. The predicted molar refractivity (Wildman–Crippen MR) is 29.6 cm³/mol. The summed E-state index contributed by atoms with van der Waals surface area (Å²) >= 11 is 0. The van der Waals surface area contributed by atoms with Gasteiger partial charge in [0, 0.05) is 0 Å². The van der Waals surface area contributed by atoms with Crippen LogP contribution < -0.4 is 11.5 Å². The molecule has 0 radical (unpaired) electrons. The van der Waals surface area contributed by atoms with Crippen LogP contribution in [0, 0.1) is 0 Å². The van der Waals surface area contributed by atoms with Crippen molar-refractivity contribution in [1.82, 2.24) is 0 Å². The Balaban J connectivity index is 2.16. The van der Waals surface area contributed by atoms with E-state index in [1.165, 1.54) is 0 Å². The van der Waals surface area contributed by atoms with E-state index in [-0.39, 0.29) is 29.1 Å². The van der Waals surface area contributed by atoms with E-state index >= 15 is 0 Å². The number of carbonyl (C=O) groups is 1. The zero-order valence-corrected chi connectivity index (χ0v) is 4.88. The summed E-state index contributed by atoms with van der Waals surface area (Å²) < 4.78 is 9.04. The zero-order valence-electron chi connectivity index (χ0n) is 4.88. The van der Waals surface area contributed by atoms with Crippen LogP contribution in [-0.2, 0) is 14.3 Å². The average molecular weight is 140 g/mol. The molecule has 2 rings (SSSR count). The minimum Gasteiger partial charge on any atom is -0.428 e. The molecule has 0 unspecified atom stereocenters. The predicted octanol–water partition coefficient (Wildman–Crippen LogP) is -1.13. The van der Waals surface area contributed by atoms with Crippen molar-refractivity contribution in [3.8, 4) is 0 Å². The molecule has 52 valence electrons. The van der Waals surface area contributed by atoms with E-state index in [0.717, 1.165) is 0 Å². The summed E-state index contributed by atoms with van der Waals surface area (Å²) in [5, 5.41) is 0. The Morgan fingerprint density at radius 2 is 1.40 bits per heavy atom. The summed E-state index contributed by atoms with van der Waals surface area (Å²) in [5.74, 6) is 0.238. The highest BCUT2D eigenvalue weighted by Gasteiger charge is 2.41. The van der Waals surface area contributed by atoms with E-state index in [4.69, 9.17) is 11.5 Å². The van der Waals surface area contributed by atoms with E-state index < -0.39 is 0 Å². The van der Waals surface area contributed by atoms with Crippen molar-refractivity contribution in [3.63, 3.8) is 0 Å². The topological polar surface area (TPSA) is 94.2 Å². The van der Waals surface area contributed by atoms with Gasteiger partial charge in [0.25, 0.3) is 5.78 Å². The monoisotopic (exact) mass is 140 g/mol. The molecule has 4 N–H and O–H groups in total. The molecule has 0 aromatic heterocycles. The van der Waals surface area contributed by atoms with Crippen molar-refractivity contribution in [2.75, 3.05) is 0 Å². The fourth-order valence-corrected chi connectivity index (χ4v) is 0.588. The Labute approximate surface area is 55.9 Å². The van der Waals surface area contributed by atoms with Crippen LogP contribution in [-0.4, -0.2) is 5.78 Å². The molecule has 10 heavy (non-hydrogen) atoms. The minimum atomic E-state index is -0.366. The first-order valence-electron chi connectivity index (χ1n) is 2.60. The Hall–Kier alpha value is -1.65. The molecule has 0 saturated carbocycles. The average Bonchev–Trinajstić information content (AvgIpc) is 2.70. The lowest BCUT2D eigenvalue weighted by molar-refractivity contribution is -0.114. The summed E-state index contributed by atoms with van der Waals surface area (Å²) in [6.07, 6.45) is 0. The molecule has 5 heteroatoms. The fraction of sp³-hybridized carbons (Fsp3) is 0. The number of ether oxygens (including phenoxy) is 2. The van der Waals surface area contributed by atoms with Crippen molar-refractivity contribution >= 4 is 5.78 Å². The van der Waals surface area contributed by atoms with Crippen LogP contribution in [0.25, 0.3) is 0 Å². The third-order valence-corrected chi connectivity index (χ3v) is 1.20. The van der Waals surface area contributed by atoms with Gasteiger partial charge in [0.1, 0.15) is 0 Å². The lowest BCUT2D eigenvalue weighted by Crippen LogP contribution is -1.92. The standard InChI is InChI=1S/C5H4N2O3/c6-4-2(9-4)1(8)3-5(7)10-3/h6-7H2. The maximum Gasteiger partial charge on any atom is 0.274 e. The van der Waals surface area contributed by atoms with Gasteiger partial charge in [-0.2, -0.15) is 0 Å². The molecular weight excluding hydrogens is 136 g/mol. The van der Waals surface area contributed by atoms with Crippen LogP contribution in [0.1, 0.15) is 0 Å². The molecule has 0 aromatic rings. The molecule has 0 atom stereocenters. The quantitative estimate of drug-likeness (QED) is 0.506. The van der Waals surface area contributed by atoms with E-state index in [9.17, 15) is 4.79 Å². The van der Waals surface area contributed by atoms with Gasteiger partial charge >= 0.3 is 0 Å². The Morgan fingerprint density at radius 3 is 1.60 bits per heavy atom. The molecule has 2 heterocycles. The molecular formula is C5H4N2O3. The van der Waals surface area contributed by atoms with Gasteiger partial charge in [-0.1, -0.05) is 0 Å². The highest BCUT2D eigenvalue weighted by molar-refractivity contribution is 6.10. The second-order valence-corrected chi connectivity index (χ2v) is 1.92. The van der Waals surface area contributed by atoms with Crippen molar-refractivity contribution in [2.45, 2.75) is 0 Å². The highest BCUT2D eigenvalue weighted by Crippen LogP contribution is 2.31. The second kappa shape index (κ2) is 1.26. The van der Waals surface area contributed by atoms with Crippen molar-refractivity contribution < 1.29 is 14.3 Å². The van der Waals surface area contributed by atoms with Crippen LogP contribution in [0.15, 0.2) is 23.3 Å². The molecule has 0 amide bonds. The SMILES string of the molecule is NC1=C(C(=O)C2=C(N)O2)O1. The van der Waals surface area contributed by atoms with Gasteiger partial charge < -0.3 is 20.9 Å². The molecule has 0 bridgehead atoms. The number of hydrogen-bond donors (Lipinski definition) is 2. The molecule has 2 aliphatic rings. The summed E-state index contributed by atoms with van der Waals surface area (Å²) in [7, 11) is 0. The second-order valence-electron chi connectivity index (χ2n) is 1.92. The molecule has 0 fully saturated rings. The van der Waals surface area contributed by atoms with Crippen LogP contribution in [0.4, 0.5) is 0 Å². The lowest BCUT2D eigenvalue weighted by Gasteiger charge is -1.73. The number of rotatable bonds is 2. The normalized spacial score (nSPS) is 20.0. The largest absolute Gasteiger partial charge is 0.428 e. The van der Waals surface area contributed by atoms with Crippen LogP contribution in [0.5, 0.6) is 0 Å². The van der Waals surface area contributed by atoms with Gasteiger partial charge in [-0.15, -0.1) is 0 Å². The van der Waals surface area contributed by atoms with Gasteiger partial charge in [-0.25, -0.2) is 0 Å². The number of nitrogens with two attached hydrogens (primary N) is 2. The van der Waals surface area contributed by atoms with Gasteiger partial charge in [0.05, 0.1) is 0 Å². The Kier molecular flexibility index (Phi) is 0.649. The van der Waals surface area contributed by atoms with Crippen LogP contribution in [0.3, 0.4) is 0 Å². The number of carbonyl (C=O) groups excluding carboxylic acids is 1. The molecule has 0 spiro atoms. The summed E-state index contributed by atoms with van der Waals surface area (Å²) in [6, 6.07) is 0. The zero-order chi connectivity index (χ0) is 7.30. The van der Waals surface area contributed by atoms with Gasteiger partial charge in [0.15, 0.2) is 0 Å².